The van der Waals surface area contributed by atoms with Gasteiger partial charge in [0.2, 0.25) is 0 Å². The second-order valence-electron chi connectivity index (χ2n) is 4.46. The standard InChI is InChI=1S/C15H9BrF4O/c1-8-3-2-4-10(13(8)16)14(21)9-5-6-11(12(17)7-9)15(18,19)20/h2-7H,1H3. The molecule has 0 saturated heterocycles. The molecule has 0 fully saturated rings. The van der Waals surface area contributed by atoms with Crippen LogP contribution < -0.4 is 0 Å². The largest absolute Gasteiger partial charge is 0.419 e. The predicted octanol–water partition coefficient (Wildman–Crippen LogP) is 5.15. The minimum absolute atomic E-state index is 0.133. The van der Waals surface area contributed by atoms with E-state index in [9.17, 15) is 22.4 Å². The van der Waals surface area contributed by atoms with E-state index in [4.69, 9.17) is 0 Å². The maximum atomic E-state index is 13.5. The quantitative estimate of drug-likeness (QED) is 0.534. The van der Waals surface area contributed by atoms with Crippen LogP contribution in [0.4, 0.5) is 17.6 Å². The Hall–Kier alpha value is -1.69. The molecule has 1 nitrogen and oxygen atoms in total. The van der Waals surface area contributed by atoms with Crippen LogP contribution in [-0.2, 0) is 6.18 Å². The Balaban J connectivity index is 2.46. The highest BCUT2D eigenvalue weighted by Gasteiger charge is 2.34. The summed E-state index contributed by atoms with van der Waals surface area (Å²) in [5.41, 5.74) is -0.448. The van der Waals surface area contributed by atoms with Crippen molar-refractivity contribution in [1.29, 1.82) is 0 Å². The molecule has 6 heteroatoms. The van der Waals surface area contributed by atoms with Gasteiger partial charge in [-0.3, -0.25) is 4.79 Å². The van der Waals surface area contributed by atoms with E-state index < -0.39 is 23.3 Å². The highest BCUT2D eigenvalue weighted by atomic mass is 79.9. The van der Waals surface area contributed by atoms with Gasteiger partial charge in [-0.05, 0) is 46.6 Å². The Morgan fingerprint density at radius 1 is 1.14 bits per heavy atom. The minimum Gasteiger partial charge on any atom is -0.289 e. The fourth-order valence-corrected chi connectivity index (χ4v) is 2.31. The van der Waals surface area contributed by atoms with Gasteiger partial charge < -0.3 is 0 Å². The smallest absolute Gasteiger partial charge is 0.289 e. The van der Waals surface area contributed by atoms with E-state index in [1.165, 1.54) is 6.07 Å². The third-order valence-corrected chi connectivity index (χ3v) is 4.03. The zero-order valence-electron chi connectivity index (χ0n) is 10.8. The highest BCUT2D eigenvalue weighted by Crippen LogP contribution is 2.32. The van der Waals surface area contributed by atoms with Crippen molar-refractivity contribution in [2.24, 2.45) is 0 Å². The number of carbonyl (C=O) groups is 1. The summed E-state index contributed by atoms with van der Waals surface area (Å²) in [4.78, 5) is 12.3. The molecule has 0 radical (unpaired) electrons. The van der Waals surface area contributed by atoms with Crippen LogP contribution in [0.5, 0.6) is 0 Å². The van der Waals surface area contributed by atoms with Crippen LogP contribution in [0.2, 0.25) is 0 Å². The van der Waals surface area contributed by atoms with Crippen molar-refractivity contribution in [2.75, 3.05) is 0 Å². The minimum atomic E-state index is -4.78. The van der Waals surface area contributed by atoms with Crippen molar-refractivity contribution in [1.82, 2.24) is 0 Å². The summed E-state index contributed by atoms with van der Waals surface area (Å²) < 4.78 is 51.5. The monoisotopic (exact) mass is 360 g/mol. The Morgan fingerprint density at radius 2 is 1.81 bits per heavy atom. The third-order valence-electron chi connectivity index (χ3n) is 2.97. The summed E-state index contributed by atoms with van der Waals surface area (Å²) in [5.74, 6) is -2.00. The number of aryl methyl sites for hydroxylation is 1. The maximum Gasteiger partial charge on any atom is 0.419 e. The summed E-state index contributed by atoms with van der Waals surface area (Å²) in [6.07, 6.45) is -4.78. The van der Waals surface area contributed by atoms with E-state index in [0.717, 1.165) is 11.6 Å². The average molecular weight is 361 g/mol. The molecule has 0 saturated carbocycles. The second-order valence-corrected chi connectivity index (χ2v) is 5.25. The molecule has 0 aliphatic heterocycles. The second kappa shape index (κ2) is 5.60. The van der Waals surface area contributed by atoms with Crippen LogP contribution in [-0.4, -0.2) is 5.78 Å². The lowest BCUT2D eigenvalue weighted by molar-refractivity contribution is -0.140. The molecule has 21 heavy (non-hydrogen) atoms. The lowest BCUT2D eigenvalue weighted by Gasteiger charge is -2.10. The third kappa shape index (κ3) is 3.15. The van der Waals surface area contributed by atoms with Gasteiger partial charge in [-0.25, -0.2) is 4.39 Å². The molecule has 0 aliphatic rings. The van der Waals surface area contributed by atoms with Gasteiger partial charge in [0.1, 0.15) is 5.82 Å². The van der Waals surface area contributed by atoms with Crippen LogP contribution in [0, 0.1) is 12.7 Å². The summed E-state index contributed by atoms with van der Waals surface area (Å²) in [6.45, 7) is 1.77. The molecular formula is C15H9BrF4O. The number of carbonyl (C=O) groups excluding carboxylic acids is 1. The van der Waals surface area contributed by atoms with E-state index in [0.29, 0.717) is 16.6 Å². The van der Waals surface area contributed by atoms with Crippen LogP contribution in [0.3, 0.4) is 0 Å². The van der Waals surface area contributed by atoms with Gasteiger partial charge in [0, 0.05) is 15.6 Å². The number of halogens is 5. The fourth-order valence-electron chi connectivity index (χ4n) is 1.86. The SMILES string of the molecule is Cc1cccc(C(=O)c2ccc(C(F)(F)F)c(F)c2)c1Br. The molecule has 0 N–H and O–H groups in total. The molecule has 0 spiro atoms. The van der Waals surface area contributed by atoms with Crippen LogP contribution in [0.15, 0.2) is 40.9 Å². The van der Waals surface area contributed by atoms with Gasteiger partial charge in [-0.2, -0.15) is 13.2 Å². The van der Waals surface area contributed by atoms with Gasteiger partial charge >= 0.3 is 6.18 Å². The number of benzene rings is 2. The van der Waals surface area contributed by atoms with E-state index in [1.54, 1.807) is 19.1 Å². The first-order valence-electron chi connectivity index (χ1n) is 5.88. The zero-order chi connectivity index (χ0) is 15.8. The molecule has 0 atom stereocenters. The van der Waals surface area contributed by atoms with Crippen LogP contribution >= 0.6 is 15.9 Å². The first kappa shape index (κ1) is 15.7. The fraction of sp³-hybridized carbons (Fsp3) is 0.133. The number of hydrogen-bond donors (Lipinski definition) is 0. The molecule has 0 amide bonds. The predicted molar refractivity (Wildman–Crippen MR) is 73.7 cm³/mol. The van der Waals surface area contributed by atoms with E-state index in [-0.39, 0.29) is 11.1 Å². The van der Waals surface area contributed by atoms with Gasteiger partial charge in [0.15, 0.2) is 5.78 Å². The normalized spacial score (nSPS) is 11.5. The van der Waals surface area contributed by atoms with E-state index in [2.05, 4.69) is 15.9 Å². The van der Waals surface area contributed by atoms with Gasteiger partial charge in [-0.15, -0.1) is 0 Å². The molecule has 110 valence electrons. The van der Waals surface area contributed by atoms with Crippen molar-refractivity contribution in [3.8, 4) is 0 Å². The summed E-state index contributed by atoms with van der Waals surface area (Å²) in [6, 6.07) is 7.10. The van der Waals surface area contributed by atoms with Crippen molar-refractivity contribution < 1.29 is 22.4 Å². The Kier molecular flexibility index (Phi) is 4.18. The van der Waals surface area contributed by atoms with Crippen molar-refractivity contribution in [2.45, 2.75) is 13.1 Å². The number of ketones is 1. The highest BCUT2D eigenvalue weighted by molar-refractivity contribution is 9.10. The van der Waals surface area contributed by atoms with Gasteiger partial charge in [0.05, 0.1) is 5.56 Å². The lowest BCUT2D eigenvalue weighted by atomic mass is 10.00. The molecule has 0 aromatic heterocycles. The number of alkyl halides is 3. The van der Waals surface area contributed by atoms with Gasteiger partial charge in [0.25, 0.3) is 0 Å². The number of rotatable bonds is 2. The van der Waals surface area contributed by atoms with Crippen LogP contribution in [0.25, 0.3) is 0 Å². The zero-order valence-corrected chi connectivity index (χ0v) is 12.3. The average Bonchev–Trinajstić information content (AvgIpc) is 2.39. The van der Waals surface area contributed by atoms with Crippen molar-refractivity contribution in [3.05, 3.63) is 68.9 Å². The Morgan fingerprint density at radius 3 is 2.38 bits per heavy atom. The Bertz CT molecular complexity index is 707. The molecule has 0 aliphatic carbocycles. The summed E-state index contributed by atoms with van der Waals surface area (Å²) in [7, 11) is 0. The Labute approximate surface area is 126 Å². The van der Waals surface area contributed by atoms with Gasteiger partial charge in [-0.1, -0.05) is 18.2 Å². The van der Waals surface area contributed by atoms with E-state index in [1.807, 2.05) is 0 Å². The lowest BCUT2D eigenvalue weighted by Crippen LogP contribution is -2.10. The molecule has 2 aromatic rings. The van der Waals surface area contributed by atoms with Crippen molar-refractivity contribution >= 4 is 21.7 Å². The molecule has 2 rings (SSSR count). The molecule has 0 bridgehead atoms. The first-order chi connectivity index (χ1) is 9.71. The summed E-state index contributed by atoms with van der Waals surface area (Å²) in [5, 5.41) is 0. The van der Waals surface area contributed by atoms with E-state index >= 15 is 0 Å². The van der Waals surface area contributed by atoms with Crippen LogP contribution in [0.1, 0.15) is 27.0 Å². The molecular weight excluding hydrogens is 352 g/mol. The molecule has 2 aromatic carbocycles. The number of hydrogen-bond acceptors (Lipinski definition) is 1. The summed E-state index contributed by atoms with van der Waals surface area (Å²) >= 11 is 3.25. The molecule has 0 unspecified atom stereocenters. The maximum absolute atomic E-state index is 13.5. The topological polar surface area (TPSA) is 17.1 Å². The first-order valence-corrected chi connectivity index (χ1v) is 6.67. The molecule has 0 heterocycles. The van der Waals surface area contributed by atoms with Crippen molar-refractivity contribution in [3.63, 3.8) is 0 Å².